The third-order valence-corrected chi connectivity index (χ3v) is 7.18. The standard InChI is InChI=1S/C31H42N6O5/c1-19(2)27(37-28(38)23(33)17-21-18-34-24-13-7-6-12-22(21)24)30(40)35-25(14-8-9-15-32)29(39)36-26(31(41)42)16-20-10-4-3-5-11-20/h3-7,10-13,18-19,23,25-27,34H,8-9,14-17,32-33H2,1-2H3,(H,35,40)(H,36,39)(H,37,38)(H,41,42). The average molecular weight is 579 g/mol. The summed E-state index contributed by atoms with van der Waals surface area (Å²) in [5.41, 5.74) is 14.4. The van der Waals surface area contributed by atoms with E-state index in [1.54, 1.807) is 38.1 Å². The minimum Gasteiger partial charge on any atom is -0.480 e. The normalized spacial score (nSPS) is 14.1. The first-order valence-corrected chi connectivity index (χ1v) is 14.3. The van der Waals surface area contributed by atoms with Crippen LogP contribution in [0.15, 0.2) is 60.8 Å². The van der Waals surface area contributed by atoms with Crippen molar-refractivity contribution >= 4 is 34.6 Å². The Balaban J connectivity index is 1.68. The molecule has 0 bridgehead atoms. The number of aromatic nitrogens is 1. The summed E-state index contributed by atoms with van der Waals surface area (Å²) in [6, 6.07) is 12.6. The first-order chi connectivity index (χ1) is 20.1. The van der Waals surface area contributed by atoms with Crippen LogP contribution in [0, 0.1) is 5.92 Å². The molecule has 0 aliphatic rings. The second-order valence-corrected chi connectivity index (χ2v) is 10.8. The number of hydrogen-bond acceptors (Lipinski definition) is 6. The largest absolute Gasteiger partial charge is 0.480 e. The molecular weight excluding hydrogens is 536 g/mol. The molecule has 0 radical (unpaired) electrons. The zero-order valence-electron chi connectivity index (χ0n) is 24.1. The molecule has 11 heteroatoms. The van der Waals surface area contributed by atoms with Crippen LogP contribution >= 0.6 is 0 Å². The van der Waals surface area contributed by atoms with E-state index in [0.717, 1.165) is 22.0 Å². The molecule has 4 unspecified atom stereocenters. The number of H-pyrrole nitrogens is 1. The predicted octanol–water partition coefficient (Wildman–Crippen LogP) is 1.60. The molecule has 0 saturated heterocycles. The van der Waals surface area contributed by atoms with E-state index in [2.05, 4.69) is 20.9 Å². The van der Waals surface area contributed by atoms with Gasteiger partial charge in [-0.3, -0.25) is 14.4 Å². The molecule has 1 aromatic heterocycles. The molecule has 4 atom stereocenters. The quantitative estimate of drug-likeness (QED) is 0.125. The minimum atomic E-state index is -1.18. The molecular formula is C31H42N6O5. The molecule has 42 heavy (non-hydrogen) atoms. The number of carboxylic acids is 1. The maximum Gasteiger partial charge on any atom is 0.326 e. The highest BCUT2D eigenvalue weighted by atomic mass is 16.4. The van der Waals surface area contributed by atoms with Crippen LogP contribution in [0.2, 0.25) is 0 Å². The van der Waals surface area contributed by atoms with Gasteiger partial charge in [0.25, 0.3) is 0 Å². The number of carbonyl (C=O) groups excluding carboxylic acids is 3. The zero-order chi connectivity index (χ0) is 30.6. The zero-order valence-corrected chi connectivity index (χ0v) is 24.1. The molecule has 3 amide bonds. The van der Waals surface area contributed by atoms with Gasteiger partial charge in [-0.15, -0.1) is 0 Å². The van der Waals surface area contributed by atoms with Gasteiger partial charge in [-0.25, -0.2) is 4.79 Å². The van der Waals surface area contributed by atoms with Crippen molar-refractivity contribution in [1.82, 2.24) is 20.9 Å². The number of para-hydroxylation sites is 1. The number of fused-ring (bicyclic) bond motifs is 1. The molecule has 0 fully saturated rings. The van der Waals surface area contributed by atoms with Gasteiger partial charge in [0, 0.05) is 23.5 Å². The van der Waals surface area contributed by atoms with Crippen LogP contribution < -0.4 is 27.4 Å². The van der Waals surface area contributed by atoms with Gasteiger partial charge in [-0.05, 0) is 55.3 Å². The Morgan fingerprint density at radius 1 is 0.833 bits per heavy atom. The summed E-state index contributed by atoms with van der Waals surface area (Å²) < 4.78 is 0. The summed E-state index contributed by atoms with van der Waals surface area (Å²) in [7, 11) is 0. The molecule has 11 nitrogen and oxygen atoms in total. The number of nitrogens with one attached hydrogen (secondary N) is 4. The van der Waals surface area contributed by atoms with E-state index in [0.29, 0.717) is 19.4 Å². The van der Waals surface area contributed by atoms with Crippen LogP contribution in [-0.4, -0.2) is 64.5 Å². The van der Waals surface area contributed by atoms with Crippen molar-refractivity contribution in [2.24, 2.45) is 17.4 Å². The topological polar surface area (TPSA) is 192 Å². The first kappa shape index (κ1) is 32.3. The van der Waals surface area contributed by atoms with Crippen molar-refractivity contribution in [3.05, 3.63) is 71.9 Å². The van der Waals surface area contributed by atoms with E-state index < -0.39 is 47.9 Å². The second kappa shape index (κ2) is 15.7. The van der Waals surface area contributed by atoms with Gasteiger partial charge in [0.05, 0.1) is 6.04 Å². The van der Waals surface area contributed by atoms with E-state index >= 15 is 0 Å². The third kappa shape index (κ3) is 9.15. The minimum absolute atomic E-state index is 0.0877. The molecule has 0 spiro atoms. The van der Waals surface area contributed by atoms with Crippen LogP contribution in [0.1, 0.15) is 44.2 Å². The SMILES string of the molecule is CC(C)C(NC(=O)C(N)Cc1c[nH]c2ccccc12)C(=O)NC(CCCCN)C(=O)NC(Cc1ccccc1)C(=O)O. The molecule has 0 saturated carbocycles. The molecule has 9 N–H and O–H groups in total. The first-order valence-electron chi connectivity index (χ1n) is 14.3. The molecule has 0 aliphatic heterocycles. The van der Waals surface area contributed by atoms with Crippen LogP contribution in [0.3, 0.4) is 0 Å². The lowest BCUT2D eigenvalue weighted by atomic mass is 10.00. The number of hydrogen-bond donors (Lipinski definition) is 7. The second-order valence-electron chi connectivity index (χ2n) is 10.8. The number of unbranched alkanes of at least 4 members (excludes halogenated alkanes) is 1. The fraction of sp³-hybridized carbons (Fsp3) is 0.419. The number of carboxylic acid groups (broad SMARTS) is 1. The average Bonchev–Trinajstić information content (AvgIpc) is 3.37. The fourth-order valence-corrected chi connectivity index (χ4v) is 4.77. The fourth-order valence-electron chi connectivity index (χ4n) is 4.77. The van der Waals surface area contributed by atoms with Crippen molar-refractivity contribution in [2.75, 3.05) is 6.54 Å². The van der Waals surface area contributed by atoms with E-state index in [-0.39, 0.29) is 25.2 Å². The van der Waals surface area contributed by atoms with Crippen LogP contribution in [-0.2, 0) is 32.0 Å². The van der Waals surface area contributed by atoms with Crippen LogP contribution in [0.5, 0.6) is 0 Å². The van der Waals surface area contributed by atoms with Crippen molar-refractivity contribution in [1.29, 1.82) is 0 Å². The van der Waals surface area contributed by atoms with E-state index in [9.17, 15) is 24.3 Å². The Morgan fingerprint density at radius 3 is 2.17 bits per heavy atom. The number of rotatable bonds is 16. The van der Waals surface area contributed by atoms with Gasteiger partial charge in [0.15, 0.2) is 0 Å². The summed E-state index contributed by atoms with van der Waals surface area (Å²) in [5, 5.41) is 18.8. The summed E-state index contributed by atoms with van der Waals surface area (Å²) in [6.45, 7) is 3.96. The molecule has 0 aliphatic carbocycles. The third-order valence-electron chi connectivity index (χ3n) is 7.18. The lowest BCUT2D eigenvalue weighted by Crippen LogP contribution is -2.58. The number of amides is 3. The number of benzene rings is 2. The maximum absolute atomic E-state index is 13.4. The maximum atomic E-state index is 13.4. The molecule has 3 rings (SSSR count). The number of aromatic amines is 1. The van der Waals surface area contributed by atoms with E-state index in [1.165, 1.54) is 0 Å². The summed E-state index contributed by atoms with van der Waals surface area (Å²) >= 11 is 0. The van der Waals surface area contributed by atoms with Gasteiger partial charge in [-0.2, -0.15) is 0 Å². The Labute approximate surface area is 245 Å². The lowest BCUT2D eigenvalue weighted by molar-refractivity contribution is -0.142. The van der Waals surface area contributed by atoms with Gasteiger partial charge < -0.3 is 37.5 Å². The molecule has 226 valence electrons. The Bertz CT molecular complexity index is 1340. The van der Waals surface area contributed by atoms with Crippen molar-refractivity contribution in [3.63, 3.8) is 0 Å². The Hall–Kier alpha value is -4.22. The summed E-state index contributed by atoms with van der Waals surface area (Å²) in [4.78, 5) is 54.8. The summed E-state index contributed by atoms with van der Waals surface area (Å²) in [6.07, 6.45) is 3.59. The monoisotopic (exact) mass is 578 g/mol. The highest BCUT2D eigenvalue weighted by Crippen LogP contribution is 2.19. The summed E-state index contributed by atoms with van der Waals surface area (Å²) in [5.74, 6) is -3.16. The van der Waals surface area contributed by atoms with Crippen molar-refractivity contribution in [3.8, 4) is 0 Å². The highest BCUT2D eigenvalue weighted by Gasteiger charge is 2.31. The van der Waals surface area contributed by atoms with E-state index in [1.807, 2.05) is 36.5 Å². The molecule has 2 aromatic carbocycles. The van der Waals surface area contributed by atoms with Gasteiger partial charge in [0.1, 0.15) is 18.1 Å². The van der Waals surface area contributed by atoms with Gasteiger partial charge in [0.2, 0.25) is 17.7 Å². The van der Waals surface area contributed by atoms with Crippen LogP contribution in [0.25, 0.3) is 10.9 Å². The number of carbonyl (C=O) groups is 4. The van der Waals surface area contributed by atoms with E-state index in [4.69, 9.17) is 11.5 Å². The van der Waals surface area contributed by atoms with Crippen molar-refractivity contribution in [2.45, 2.75) is 70.1 Å². The van der Waals surface area contributed by atoms with Crippen LogP contribution in [0.4, 0.5) is 0 Å². The lowest BCUT2D eigenvalue weighted by Gasteiger charge is -2.27. The predicted molar refractivity (Wildman–Crippen MR) is 161 cm³/mol. The smallest absolute Gasteiger partial charge is 0.326 e. The Kier molecular flexibility index (Phi) is 12.1. The number of nitrogens with two attached hydrogens (primary N) is 2. The van der Waals surface area contributed by atoms with Gasteiger partial charge in [-0.1, -0.05) is 62.4 Å². The number of aliphatic carboxylic acids is 1. The van der Waals surface area contributed by atoms with Crippen molar-refractivity contribution < 1.29 is 24.3 Å². The van der Waals surface area contributed by atoms with Gasteiger partial charge >= 0.3 is 5.97 Å². The molecule has 3 aromatic rings. The molecule has 1 heterocycles. The highest BCUT2D eigenvalue weighted by molar-refractivity contribution is 5.94. The Morgan fingerprint density at radius 2 is 1.50 bits per heavy atom.